The van der Waals surface area contributed by atoms with Crippen LogP contribution in [0.1, 0.15) is 29.2 Å². The first-order valence-corrected chi connectivity index (χ1v) is 8.29. The van der Waals surface area contributed by atoms with Crippen LogP contribution in [0, 0.1) is 0 Å². The van der Waals surface area contributed by atoms with Crippen molar-refractivity contribution in [3.63, 3.8) is 0 Å². The molecule has 1 aliphatic rings. The first-order chi connectivity index (χ1) is 11.8. The van der Waals surface area contributed by atoms with Crippen molar-refractivity contribution in [3.8, 4) is 0 Å². The predicted molar refractivity (Wildman–Crippen MR) is 92.5 cm³/mol. The standard InChI is InChI=1S/C20H23NO3/c1-23-14-19(22)21-20-17-10-6-5-9-16(17)11-12-18(20)24-13-15-7-3-2-4-8-15/h2-10,18,20H,11-14H2,1H3,(H,21,22)/t18-,20+/m1/s1. The second-order valence-corrected chi connectivity index (χ2v) is 6.05. The molecule has 0 aliphatic heterocycles. The molecule has 0 bridgehead atoms. The Kier molecular flexibility index (Phi) is 5.62. The highest BCUT2D eigenvalue weighted by Crippen LogP contribution is 2.32. The molecule has 4 nitrogen and oxygen atoms in total. The lowest BCUT2D eigenvalue weighted by Crippen LogP contribution is -2.41. The largest absolute Gasteiger partial charge is 0.375 e. The third kappa shape index (κ3) is 4.02. The summed E-state index contributed by atoms with van der Waals surface area (Å²) in [6.45, 7) is 0.606. The normalized spacial score (nSPS) is 19.5. The van der Waals surface area contributed by atoms with Gasteiger partial charge in [0.2, 0.25) is 5.91 Å². The van der Waals surface area contributed by atoms with Gasteiger partial charge in [-0.15, -0.1) is 0 Å². The van der Waals surface area contributed by atoms with Crippen LogP contribution in [0.25, 0.3) is 0 Å². The van der Waals surface area contributed by atoms with Crippen LogP contribution in [0.2, 0.25) is 0 Å². The molecule has 1 aliphatic carbocycles. The third-order valence-electron chi connectivity index (χ3n) is 4.36. The number of fused-ring (bicyclic) bond motifs is 1. The quantitative estimate of drug-likeness (QED) is 0.888. The zero-order valence-corrected chi connectivity index (χ0v) is 13.9. The molecule has 0 heterocycles. The van der Waals surface area contributed by atoms with E-state index in [-0.39, 0.29) is 24.7 Å². The Balaban J connectivity index is 1.75. The van der Waals surface area contributed by atoms with E-state index in [1.165, 1.54) is 12.7 Å². The molecule has 0 fully saturated rings. The number of ether oxygens (including phenoxy) is 2. The van der Waals surface area contributed by atoms with Crippen molar-refractivity contribution < 1.29 is 14.3 Å². The molecule has 2 aromatic carbocycles. The van der Waals surface area contributed by atoms with Gasteiger partial charge >= 0.3 is 0 Å². The maximum atomic E-state index is 12.0. The molecule has 1 N–H and O–H groups in total. The minimum absolute atomic E-state index is 0.0408. The molecule has 0 saturated carbocycles. The number of aryl methyl sites for hydroxylation is 1. The summed E-state index contributed by atoms with van der Waals surface area (Å²) in [7, 11) is 1.53. The van der Waals surface area contributed by atoms with Crippen LogP contribution in [0.5, 0.6) is 0 Å². The van der Waals surface area contributed by atoms with Crippen LogP contribution in [0.15, 0.2) is 54.6 Å². The number of rotatable bonds is 6. The van der Waals surface area contributed by atoms with Crippen molar-refractivity contribution in [2.24, 2.45) is 0 Å². The van der Waals surface area contributed by atoms with Gasteiger partial charge in [0.05, 0.1) is 18.8 Å². The lowest BCUT2D eigenvalue weighted by molar-refractivity contribution is -0.127. The predicted octanol–water partition coefficient (Wildman–Crippen LogP) is 3.02. The maximum Gasteiger partial charge on any atom is 0.246 e. The molecule has 2 aromatic rings. The molecule has 126 valence electrons. The molecule has 24 heavy (non-hydrogen) atoms. The van der Waals surface area contributed by atoms with Gasteiger partial charge in [-0.05, 0) is 29.5 Å². The summed E-state index contributed by atoms with van der Waals surface area (Å²) in [5.41, 5.74) is 3.56. The Labute approximate surface area is 142 Å². The van der Waals surface area contributed by atoms with Gasteiger partial charge in [0.25, 0.3) is 0 Å². The fourth-order valence-electron chi connectivity index (χ4n) is 3.20. The number of hydrogen-bond donors (Lipinski definition) is 1. The van der Waals surface area contributed by atoms with Crippen LogP contribution in [0.4, 0.5) is 0 Å². The number of methoxy groups -OCH3 is 1. The summed E-state index contributed by atoms with van der Waals surface area (Å²) in [5.74, 6) is -0.118. The number of nitrogens with one attached hydrogen (secondary N) is 1. The number of carbonyl (C=O) groups excluding carboxylic acids is 1. The molecule has 1 amide bonds. The van der Waals surface area contributed by atoms with Crippen LogP contribution < -0.4 is 5.32 Å². The first-order valence-electron chi connectivity index (χ1n) is 8.29. The Morgan fingerprint density at radius 1 is 1.12 bits per heavy atom. The molecule has 0 spiro atoms. The van der Waals surface area contributed by atoms with Gasteiger partial charge in [0.15, 0.2) is 0 Å². The molecule has 2 atom stereocenters. The Morgan fingerprint density at radius 3 is 2.67 bits per heavy atom. The fourth-order valence-corrected chi connectivity index (χ4v) is 3.20. The monoisotopic (exact) mass is 325 g/mol. The second kappa shape index (κ2) is 8.08. The van der Waals surface area contributed by atoms with E-state index in [0.717, 1.165) is 24.0 Å². The number of carbonyl (C=O) groups is 1. The smallest absolute Gasteiger partial charge is 0.246 e. The van der Waals surface area contributed by atoms with Crippen LogP contribution in [0.3, 0.4) is 0 Å². The molecule has 4 heteroatoms. The SMILES string of the molecule is COCC(=O)N[C@H]1c2ccccc2CC[C@H]1OCc1ccccc1. The van der Waals surface area contributed by atoms with Gasteiger partial charge in [-0.3, -0.25) is 4.79 Å². The van der Waals surface area contributed by atoms with Crippen molar-refractivity contribution in [2.45, 2.75) is 31.6 Å². The summed E-state index contributed by atoms with van der Waals surface area (Å²) >= 11 is 0. The Bertz CT molecular complexity index is 672. The van der Waals surface area contributed by atoms with Crippen molar-refractivity contribution in [2.75, 3.05) is 13.7 Å². The van der Waals surface area contributed by atoms with Crippen molar-refractivity contribution in [1.82, 2.24) is 5.32 Å². The summed E-state index contributed by atoms with van der Waals surface area (Å²) in [6, 6.07) is 18.2. The molecule has 0 unspecified atom stereocenters. The van der Waals surface area contributed by atoms with Gasteiger partial charge < -0.3 is 14.8 Å². The van der Waals surface area contributed by atoms with Gasteiger partial charge in [0.1, 0.15) is 6.61 Å². The first kappa shape index (κ1) is 16.7. The number of hydrogen-bond acceptors (Lipinski definition) is 3. The lowest BCUT2D eigenvalue weighted by atomic mass is 9.85. The number of benzene rings is 2. The van der Waals surface area contributed by atoms with E-state index in [4.69, 9.17) is 9.47 Å². The topological polar surface area (TPSA) is 47.6 Å². The lowest BCUT2D eigenvalue weighted by Gasteiger charge is -2.34. The van der Waals surface area contributed by atoms with Gasteiger partial charge in [-0.2, -0.15) is 0 Å². The van der Waals surface area contributed by atoms with Crippen molar-refractivity contribution in [3.05, 3.63) is 71.3 Å². The minimum atomic E-state index is -0.138. The Hall–Kier alpha value is -2.17. The molecule has 0 saturated heterocycles. The van der Waals surface area contributed by atoms with Crippen LogP contribution in [-0.4, -0.2) is 25.7 Å². The highest BCUT2D eigenvalue weighted by Gasteiger charge is 2.31. The number of amides is 1. The fraction of sp³-hybridized carbons (Fsp3) is 0.350. The van der Waals surface area contributed by atoms with Crippen LogP contribution >= 0.6 is 0 Å². The zero-order valence-electron chi connectivity index (χ0n) is 13.9. The average molecular weight is 325 g/mol. The molecular formula is C20H23NO3. The summed E-state index contributed by atoms with van der Waals surface area (Å²) < 4.78 is 11.1. The third-order valence-corrected chi connectivity index (χ3v) is 4.36. The van der Waals surface area contributed by atoms with E-state index in [1.54, 1.807) is 0 Å². The zero-order chi connectivity index (χ0) is 16.8. The Morgan fingerprint density at radius 2 is 1.88 bits per heavy atom. The van der Waals surface area contributed by atoms with Gasteiger partial charge in [0, 0.05) is 7.11 Å². The summed E-state index contributed by atoms with van der Waals surface area (Å²) in [6.07, 6.45) is 1.81. The minimum Gasteiger partial charge on any atom is -0.375 e. The molecular weight excluding hydrogens is 302 g/mol. The van der Waals surface area contributed by atoms with Crippen molar-refractivity contribution in [1.29, 1.82) is 0 Å². The van der Waals surface area contributed by atoms with Crippen LogP contribution in [-0.2, 0) is 27.3 Å². The van der Waals surface area contributed by atoms with E-state index >= 15 is 0 Å². The van der Waals surface area contributed by atoms with Gasteiger partial charge in [-0.1, -0.05) is 54.6 Å². The summed E-state index contributed by atoms with van der Waals surface area (Å²) in [4.78, 5) is 12.0. The maximum absolute atomic E-state index is 12.0. The molecule has 0 aromatic heterocycles. The van der Waals surface area contributed by atoms with E-state index in [9.17, 15) is 4.79 Å². The summed E-state index contributed by atoms with van der Waals surface area (Å²) in [5, 5.41) is 3.07. The van der Waals surface area contributed by atoms with Gasteiger partial charge in [-0.25, -0.2) is 0 Å². The second-order valence-electron chi connectivity index (χ2n) is 6.05. The van der Waals surface area contributed by atoms with E-state index in [2.05, 4.69) is 29.6 Å². The van der Waals surface area contributed by atoms with E-state index in [0.29, 0.717) is 6.61 Å². The molecule has 3 rings (SSSR count). The van der Waals surface area contributed by atoms with E-state index in [1.807, 2.05) is 30.3 Å². The highest BCUT2D eigenvalue weighted by atomic mass is 16.5. The van der Waals surface area contributed by atoms with E-state index < -0.39 is 0 Å². The van der Waals surface area contributed by atoms with Crippen molar-refractivity contribution >= 4 is 5.91 Å². The highest BCUT2D eigenvalue weighted by molar-refractivity contribution is 5.77. The molecule has 0 radical (unpaired) electrons. The average Bonchev–Trinajstić information content (AvgIpc) is 2.62.